The summed E-state index contributed by atoms with van der Waals surface area (Å²) in [6, 6.07) is 1.79. The summed E-state index contributed by atoms with van der Waals surface area (Å²) in [5, 5.41) is 3.60. The SMILES string of the molecule is Cc1ccnc(Cl)c1NC1CCCS(=O)(=O)C1. The van der Waals surface area contributed by atoms with Gasteiger partial charge in [0.1, 0.15) is 0 Å². The van der Waals surface area contributed by atoms with Crippen molar-refractivity contribution in [2.75, 3.05) is 16.8 Å². The summed E-state index contributed by atoms with van der Waals surface area (Å²) in [4.78, 5) is 4.00. The monoisotopic (exact) mass is 274 g/mol. The van der Waals surface area contributed by atoms with Gasteiger partial charge >= 0.3 is 0 Å². The van der Waals surface area contributed by atoms with Crippen molar-refractivity contribution in [3.63, 3.8) is 0 Å². The van der Waals surface area contributed by atoms with Crippen LogP contribution in [0.1, 0.15) is 18.4 Å². The number of nitrogens with one attached hydrogen (secondary N) is 1. The van der Waals surface area contributed by atoms with E-state index in [2.05, 4.69) is 10.3 Å². The van der Waals surface area contributed by atoms with Gasteiger partial charge in [0, 0.05) is 12.2 Å². The van der Waals surface area contributed by atoms with Gasteiger partial charge in [-0.15, -0.1) is 0 Å². The van der Waals surface area contributed by atoms with E-state index in [1.54, 1.807) is 6.20 Å². The van der Waals surface area contributed by atoms with Gasteiger partial charge in [-0.25, -0.2) is 13.4 Å². The first-order chi connectivity index (χ1) is 7.98. The fraction of sp³-hybridized carbons (Fsp3) is 0.545. The largest absolute Gasteiger partial charge is 0.379 e. The fourth-order valence-corrected chi connectivity index (χ4v) is 3.94. The summed E-state index contributed by atoms with van der Waals surface area (Å²) in [6.45, 7) is 1.92. The molecular formula is C11H15ClN2O2S. The van der Waals surface area contributed by atoms with Crippen molar-refractivity contribution >= 4 is 27.1 Å². The molecule has 0 saturated carbocycles. The van der Waals surface area contributed by atoms with Gasteiger partial charge in [-0.2, -0.15) is 0 Å². The van der Waals surface area contributed by atoms with Gasteiger partial charge in [0.15, 0.2) is 15.0 Å². The van der Waals surface area contributed by atoms with E-state index in [1.807, 2.05) is 13.0 Å². The average Bonchev–Trinajstić information content (AvgIpc) is 2.22. The number of aromatic nitrogens is 1. The number of aryl methyl sites for hydroxylation is 1. The molecule has 1 saturated heterocycles. The van der Waals surface area contributed by atoms with Crippen LogP contribution in [0, 0.1) is 6.92 Å². The van der Waals surface area contributed by atoms with Crippen molar-refractivity contribution in [1.82, 2.24) is 4.98 Å². The molecule has 1 fully saturated rings. The highest BCUT2D eigenvalue weighted by atomic mass is 35.5. The van der Waals surface area contributed by atoms with E-state index < -0.39 is 9.84 Å². The molecule has 1 N–H and O–H groups in total. The summed E-state index contributed by atoms with van der Waals surface area (Å²) in [7, 11) is -2.90. The summed E-state index contributed by atoms with van der Waals surface area (Å²) in [5.74, 6) is 0.475. The third-order valence-electron chi connectivity index (χ3n) is 2.92. The molecule has 1 aromatic heterocycles. The van der Waals surface area contributed by atoms with Crippen LogP contribution in [0.15, 0.2) is 12.3 Å². The summed E-state index contributed by atoms with van der Waals surface area (Å²) in [5.41, 5.74) is 1.73. The smallest absolute Gasteiger partial charge is 0.152 e. The lowest BCUT2D eigenvalue weighted by Crippen LogP contribution is -2.35. The highest BCUT2D eigenvalue weighted by Gasteiger charge is 2.25. The number of pyridine rings is 1. The number of sulfone groups is 1. The molecular weight excluding hydrogens is 260 g/mol. The maximum Gasteiger partial charge on any atom is 0.152 e. The lowest BCUT2D eigenvalue weighted by Gasteiger charge is -2.25. The van der Waals surface area contributed by atoms with Gasteiger partial charge < -0.3 is 5.32 Å². The lowest BCUT2D eigenvalue weighted by atomic mass is 10.1. The van der Waals surface area contributed by atoms with Gasteiger partial charge in [-0.3, -0.25) is 0 Å². The van der Waals surface area contributed by atoms with E-state index in [0.29, 0.717) is 17.3 Å². The minimum atomic E-state index is -2.90. The van der Waals surface area contributed by atoms with Crippen LogP contribution in [0.4, 0.5) is 5.69 Å². The van der Waals surface area contributed by atoms with Crippen molar-refractivity contribution < 1.29 is 8.42 Å². The Kier molecular flexibility index (Phi) is 3.58. The van der Waals surface area contributed by atoms with Gasteiger partial charge in [0.05, 0.1) is 17.2 Å². The summed E-state index contributed by atoms with van der Waals surface area (Å²) in [6.07, 6.45) is 3.20. The maximum absolute atomic E-state index is 11.5. The quantitative estimate of drug-likeness (QED) is 0.839. The number of nitrogens with zero attached hydrogens (tertiary/aromatic N) is 1. The second kappa shape index (κ2) is 4.82. The molecule has 17 heavy (non-hydrogen) atoms. The van der Waals surface area contributed by atoms with Gasteiger partial charge in [-0.1, -0.05) is 11.6 Å². The molecule has 2 rings (SSSR count). The number of rotatable bonds is 2. The molecule has 94 valence electrons. The Morgan fingerprint density at radius 2 is 2.29 bits per heavy atom. The van der Waals surface area contributed by atoms with Crippen molar-refractivity contribution in [2.24, 2.45) is 0 Å². The molecule has 0 spiro atoms. The molecule has 0 aromatic carbocycles. The van der Waals surface area contributed by atoms with E-state index in [9.17, 15) is 8.42 Å². The van der Waals surface area contributed by atoms with Gasteiger partial charge in [-0.05, 0) is 31.4 Å². The molecule has 4 nitrogen and oxygen atoms in total. The van der Waals surface area contributed by atoms with Crippen LogP contribution in [0.3, 0.4) is 0 Å². The predicted octanol–water partition coefficient (Wildman–Crippen LogP) is 2.03. The van der Waals surface area contributed by atoms with E-state index in [-0.39, 0.29) is 11.8 Å². The molecule has 1 aromatic rings. The topological polar surface area (TPSA) is 59.1 Å². The highest BCUT2D eigenvalue weighted by molar-refractivity contribution is 7.91. The Morgan fingerprint density at radius 1 is 1.53 bits per heavy atom. The molecule has 1 unspecified atom stereocenters. The standard InChI is InChI=1S/C11H15ClN2O2S/c1-8-4-5-13-11(12)10(8)14-9-3-2-6-17(15,16)7-9/h4-5,9,14H,2-3,6-7H2,1H3. The van der Waals surface area contributed by atoms with E-state index in [1.165, 1.54) is 0 Å². The first-order valence-corrected chi connectivity index (χ1v) is 7.76. The van der Waals surface area contributed by atoms with Crippen LogP contribution in [0.25, 0.3) is 0 Å². The maximum atomic E-state index is 11.5. The Balaban J connectivity index is 2.16. The molecule has 1 atom stereocenters. The van der Waals surface area contributed by atoms with Crippen LogP contribution < -0.4 is 5.32 Å². The van der Waals surface area contributed by atoms with Gasteiger partial charge in [0.2, 0.25) is 0 Å². The molecule has 0 amide bonds. The molecule has 2 heterocycles. The Labute approximate surface area is 106 Å². The molecule has 1 aliphatic heterocycles. The van der Waals surface area contributed by atoms with Crippen LogP contribution in [-0.2, 0) is 9.84 Å². The molecule has 0 aliphatic carbocycles. The zero-order valence-corrected chi connectivity index (χ0v) is 11.2. The first-order valence-electron chi connectivity index (χ1n) is 5.56. The van der Waals surface area contributed by atoms with E-state index in [4.69, 9.17) is 11.6 Å². The molecule has 1 aliphatic rings. The lowest BCUT2D eigenvalue weighted by molar-refractivity contribution is 0.562. The normalized spacial score (nSPS) is 23.3. The average molecular weight is 275 g/mol. The second-order valence-electron chi connectivity index (χ2n) is 4.39. The van der Waals surface area contributed by atoms with E-state index >= 15 is 0 Å². The zero-order chi connectivity index (χ0) is 12.5. The van der Waals surface area contributed by atoms with Crippen molar-refractivity contribution in [3.8, 4) is 0 Å². The Morgan fingerprint density at radius 3 is 2.94 bits per heavy atom. The minimum Gasteiger partial charge on any atom is -0.379 e. The summed E-state index contributed by atoms with van der Waals surface area (Å²) < 4.78 is 23.1. The Hall–Kier alpha value is -0.810. The van der Waals surface area contributed by atoms with Crippen LogP contribution >= 0.6 is 11.6 Å². The van der Waals surface area contributed by atoms with Crippen LogP contribution in [-0.4, -0.2) is 30.9 Å². The fourth-order valence-electron chi connectivity index (χ4n) is 2.04. The third-order valence-corrected chi connectivity index (χ3v) is 5.03. The minimum absolute atomic E-state index is 0.0610. The number of halogens is 1. The van der Waals surface area contributed by atoms with Crippen molar-refractivity contribution in [3.05, 3.63) is 23.0 Å². The van der Waals surface area contributed by atoms with Crippen LogP contribution in [0.5, 0.6) is 0 Å². The molecule has 0 bridgehead atoms. The number of hydrogen-bond donors (Lipinski definition) is 1. The highest BCUT2D eigenvalue weighted by Crippen LogP contribution is 2.25. The Bertz CT molecular complexity index is 496. The zero-order valence-electron chi connectivity index (χ0n) is 9.61. The predicted molar refractivity (Wildman–Crippen MR) is 69.3 cm³/mol. The summed E-state index contributed by atoms with van der Waals surface area (Å²) >= 11 is 6.00. The van der Waals surface area contributed by atoms with E-state index in [0.717, 1.165) is 17.7 Å². The third kappa shape index (κ3) is 3.10. The molecule has 6 heteroatoms. The van der Waals surface area contributed by atoms with Gasteiger partial charge in [0.25, 0.3) is 0 Å². The number of hydrogen-bond acceptors (Lipinski definition) is 4. The molecule has 0 radical (unpaired) electrons. The number of anilines is 1. The van der Waals surface area contributed by atoms with Crippen molar-refractivity contribution in [2.45, 2.75) is 25.8 Å². The first kappa shape index (κ1) is 12.6. The van der Waals surface area contributed by atoms with Crippen molar-refractivity contribution in [1.29, 1.82) is 0 Å². The second-order valence-corrected chi connectivity index (χ2v) is 6.98. The van der Waals surface area contributed by atoms with Crippen LogP contribution in [0.2, 0.25) is 5.15 Å².